The zero-order valence-electron chi connectivity index (χ0n) is 14.8. The van der Waals surface area contributed by atoms with Gasteiger partial charge in [-0.15, -0.1) is 10.2 Å². The van der Waals surface area contributed by atoms with Crippen LogP contribution < -0.4 is 4.74 Å². The summed E-state index contributed by atoms with van der Waals surface area (Å²) in [6.07, 6.45) is -0.597. The van der Waals surface area contributed by atoms with Crippen molar-refractivity contribution in [3.05, 3.63) is 71.3 Å². The lowest BCUT2D eigenvalue weighted by Gasteiger charge is -2.16. The van der Waals surface area contributed by atoms with E-state index in [-0.39, 0.29) is 11.6 Å². The lowest BCUT2D eigenvalue weighted by molar-refractivity contribution is 0.200. The highest BCUT2D eigenvalue weighted by atomic mass is 32.2. The minimum atomic E-state index is -0.779. The van der Waals surface area contributed by atoms with Gasteiger partial charge in [-0.2, -0.15) is 0 Å². The van der Waals surface area contributed by atoms with Crippen molar-refractivity contribution >= 4 is 11.8 Å². The monoisotopic (exact) mass is 393 g/mol. The van der Waals surface area contributed by atoms with E-state index in [1.807, 2.05) is 11.5 Å². The van der Waals surface area contributed by atoms with Crippen LogP contribution in [0.25, 0.3) is 0 Å². The molecule has 27 heavy (non-hydrogen) atoms. The molecule has 1 aromatic heterocycles. The molecule has 1 unspecified atom stereocenters. The predicted octanol–water partition coefficient (Wildman–Crippen LogP) is 5.15. The molecule has 0 radical (unpaired) electrons. The maximum atomic E-state index is 13.8. The summed E-state index contributed by atoms with van der Waals surface area (Å²) in [5.41, 5.74) is 0.576. The van der Waals surface area contributed by atoms with E-state index in [9.17, 15) is 13.2 Å². The number of nitrogens with zero attached hydrogens (tertiary/aromatic N) is 3. The fourth-order valence-electron chi connectivity index (χ4n) is 2.58. The van der Waals surface area contributed by atoms with Crippen molar-refractivity contribution in [2.24, 2.45) is 0 Å². The molecule has 0 saturated heterocycles. The molecule has 0 aliphatic heterocycles. The number of benzene rings is 2. The second kappa shape index (κ2) is 8.47. The van der Waals surface area contributed by atoms with E-state index >= 15 is 0 Å². The molecule has 0 aliphatic rings. The van der Waals surface area contributed by atoms with Crippen molar-refractivity contribution in [3.8, 4) is 5.75 Å². The number of thioether (sulfide) groups is 1. The Hall–Kier alpha value is -2.48. The maximum absolute atomic E-state index is 13.8. The SMILES string of the molecule is CCn1c(SCc2ccccc2F)nnc1C(C)Oc1ccc(F)cc1F. The van der Waals surface area contributed by atoms with E-state index in [1.54, 1.807) is 25.1 Å². The summed E-state index contributed by atoms with van der Waals surface area (Å²) in [6.45, 7) is 4.21. The van der Waals surface area contributed by atoms with Crippen molar-refractivity contribution in [2.45, 2.75) is 37.4 Å². The minimum Gasteiger partial charge on any atom is -0.480 e. The largest absolute Gasteiger partial charge is 0.480 e. The van der Waals surface area contributed by atoms with Gasteiger partial charge < -0.3 is 9.30 Å². The van der Waals surface area contributed by atoms with Gasteiger partial charge >= 0.3 is 0 Å². The van der Waals surface area contributed by atoms with Crippen LogP contribution in [0.3, 0.4) is 0 Å². The number of ether oxygens (including phenoxy) is 1. The van der Waals surface area contributed by atoms with Crippen LogP contribution in [0.15, 0.2) is 47.6 Å². The van der Waals surface area contributed by atoms with E-state index in [0.29, 0.717) is 28.8 Å². The summed E-state index contributed by atoms with van der Waals surface area (Å²) in [5, 5.41) is 8.91. The van der Waals surface area contributed by atoms with Gasteiger partial charge in [0.25, 0.3) is 0 Å². The summed E-state index contributed by atoms with van der Waals surface area (Å²) in [7, 11) is 0. The van der Waals surface area contributed by atoms with Gasteiger partial charge in [-0.1, -0.05) is 30.0 Å². The highest BCUT2D eigenvalue weighted by molar-refractivity contribution is 7.98. The third-order valence-corrected chi connectivity index (χ3v) is 4.95. The van der Waals surface area contributed by atoms with Crippen LogP contribution in [0.1, 0.15) is 31.3 Å². The van der Waals surface area contributed by atoms with Crippen LogP contribution in [0, 0.1) is 17.5 Å². The third kappa shape index (κ3) is 4.44. The fourth-order valence-corrected chi connectivity index (χ4v) is 3.57. The number of halogens is 3. The minimum absolute atomic E-state index is 0.0601. The first-order valence-electron chi connectivity index (χ1n) is 8.40. The third-order valence-electron chi connectivity index (χ3n) is 3.94. The Morgan fingerprint density at radius 3 is 2.56 bits per heavy atom. The zero-order valence-corrected chi connectivity index (χ0v) is 15.6. The normalized spacial score (nSPS) is 12.2. The predicted molar refractivity (Wildman–Crippen MR) is 97.1 cm³/mol. The highest BCUT2D eigenvalue weighted by Gasteiger charge is 2.20. The molecule has 0 bridgehead atoms. The van der Waals surface area contributed by atoms with Gasteiger partial charge in [-0.3, -0.25) is 0 Å². The molecule has 3 aromatic rings. The lowest BCUT2D eigenvalue weighted by Crippen LogP contribution is -2.12. The maximum Gasteiger partial charge on any atom is 0.191 e. The van der Waals surface area contributed by atoms with Gasteiger partial charge in [0.1, 0.15) is 11.6 Å². The summed E-state index contributed by atoms with van der Waals surface area (Å²) in [6, 6.07) is 9.69. The molecule has 0 N–H and O–H groups in total. The van der Waals surface area contributed by atoms with Gasteiger partial charge in [0, 0.05) is 18.4 Å². The quantitative estimate of drug-likeness (QED) is 0.521. The molecule has 3 rings (SSSR count). The second-order valence-electron chi connectivity index (χ2n) is 5.80. The molecule has 2 aromatic carbocycles. The summed E-state index contributed by atoms with van der Waals surface area (Å²) < 4.78 is 48.0. The molecule has 0 amide bonds. The van der Waals surface area contributed by atoms with Gasteiger partial charge in [0.2, 0.25) is 0 Å². The molecule has 0 saturated carbocycles. The Bertz CT molecular complexity index is 932. The van der Waals surface area contributed by atoms with Gasteiger partial charge in [-0.25, -0.2) is 13.2 Å². The van der Waals surface area contributed by atoms with E-state index in [4.69, 9.17) is 4.74 Å². The zero-order chi connectivity index (χ0) is 19.4. The average molecular weight is 393 g/mol. The summed E-state index contributed by atoms with van der Waals surface area (Å²) >= 11 is 1.36. The van der Waals surface area contributed by atoms with Gasteiger partial charge in [0.05, 0.1) is 0 Å². The Labute approximate surface area is 159 Å². The van der Waals surface area contributed by atoms with Crippen molar-refractivity contribution in [3.63, 3.8) is 0 Å². The van der Waals surface area contributed by atoms with E-state index in [1.165, 1.54) is 23.9 Å². The van der Waals surface area contributed by atoms with Gasteiger partial charge in [-0.05, 0) is 37.6 Å². The first kappa shape index (κ1) is 19.3. The first-order chi connectivity index (χ1) is 13.0. The van der Waals surface area contributed by atoms with Crippen LogP contribution in [0.2, 0.25) is 0 Å². The van der Waals surface area contributed by atoms with Crippen LogP contribution >= 0.6 is 11.8 Å². The Morgan fingerprint density at radius 2 is 1.85 bits per heavy atom. The van der Waals surface area contributed by atoms with Crippen molar-refractivity contribution < 1.29 is 17.9 Å². The van der Waals surface area contributed by atoms with Gasteiger partial charge in [0.15, 0.2) is 28.7 Å². The number of aromatic nitrogens is 3. The van der Waals surface area contributed by atoms with E-state index < -0.39 is 17.7 Å². The van der Waals surface area contributed by atoms with Crippen LogP contribution in [0.5, 0.6) is 5.75 Å². The molecular formula is C19H18F3N3OS. The number of hydrogen-bond donors (Lipinski definition) is 0. The molecule has 4 nitrogen and oxygen atoms in total. The highest BCUT2D eigenvalue weighted by Crippen LogP contribution is 2.28. The summed E-state index contributed by atoms with van der Waals surface area (Å²) in [5.74, 6) is -0.856. The average Bonchev–Trinajstić information content (AvgIpc) is 3.06. The second-order valence-corrected chi connectivity index (χ2v) is 6.74. The Kier molecular flexibility index (Phi) is 6.05. The molecule has 1 atom stereocenters. The van der Waals surface area contributed by atoms with Crippen molar-refractivity contribution in [2.75, 3.05) is 0 Å². The first-order valence-corrected chi connectivity index (χ1v) is 9.39. The topological polar surface area (TPSA) is 39.9 Å². The number of hydrogen-bond acceptors (Lipinski definition) is 4. The lowest BCUT2D eigenvalue weighted by atomic mass is 10.2. The molecule has 0 aliphatic carbocycles. The fraction of sp³-hybridized carbons (Fsp3) is 0.263. The summed E-state index contributed by atoms with van der Waals surface area (Å²) in [4.78, 5) is 0. The molecular weight excluding hydrogens is 375 g/mol. The van der Waals surface area contributed by atoms with Crippen LogP contribution in [-0.4, -0.2) is 14.8 Å². The molecule has 0 spiro atoms. The van der Waals surface area contributed by atoms with Crippen LogP contribution in [0.4, 0.5) is 13.2 Å². The van der Waals surface area contributed by atoms with E-state index in [2.05, 4.69) is 10.2 Å². The van der Waals surface area contributed by atoms with Crippen LogP contribution in [-0.2, 0) is 12.3 Å². The standard InChI is InChI=1S/C19H18F3N3OS/c1-3-25-18(12(2)26-17-9-8-14(20)10-16(17)22)23-24-19(25)27-11-13-6-4-5-7-15(13)21/h4-10,12H,3,11H2,1-2H3. The Balaban J connectivity index is 1.75. The molecule has 8 heteroatoms. The van der Waals surface area contributed by atoms with E-state index in [0.717, 1.165) is 12.1 Å². The molecule has 142 valence electrons. The molecule has 0 fully saturated rings. The number of rotatable bonds is 7. The Morgan fingerprint density at radius 1 is 1.07 bits per heavy atom. The molecule has 1 heterocycles. The van der Waals surface area contributed by atoms with Crippen molar-refractivity contribution in [1.29, 1.82) is 0 Å². The van der Waals surface area contributed by atoms with Crippen molar-refractivity contribution in [1.82, 2.24) is 14.8 Å². The smallest absolute Gasteiger partial charge is 0.191 e.